The summed E-state index contributed by atoms with van der Waals surface area (Å²) in [6.07, 6.45) is 2.01. The highest BCUT2D eigenvalue weighted by Gasteiger charge is 2.12. The second-order valence-corrected chi connectivity index (χ2v) is 4.84. The summed E-state index contributed by atoms with van der Waals surface area (Å²) in [5.41, 5.74) is 6.91. The molecule has 0 heterocycles. The van der Waals surface area contributed by atoms with Crippen LogP contribution in [-0.4, -0.2) is 17.9 Å². The molecular weight excluding hydrogens is 254 g/mol. The number of carbonyl (C=O) groups excluding carboxylic acids is 2. The number of nitrogens with one attached hydrogen (secondary N) is 2. The minimum Gasteiger partial charge on any atom is -0.326 e. The third-order valence-electron chi connectivity index (χ3n) is 2.68. The molecule has 1 atom stereocenters. The van der Waals surface area contributed by atoms with Gasteiger partial charge in [-0.3, -0.25) is 9.59 Å². The molecule has 0 fully saturated rings. The SMILES string of the molecule is C=CCC(N)C(=O)Nc1cccc(NC(=O)C(C)C)c1. The number of carbonyl (C=O) groups is 2. The summed E-state index contributed by atoms with van der Waals surface area (Å²) in [6.45, 7) is 7.18. The van der Waals surface area contributed by atoms with E-state index in [2.05, 4.69) is 17.2 Å². The molecule has 1 unspecified atom stereocenters. The number of hydrogen-bond donors (Lipinski definition) is 3. The van der Waals surface area contributed by atoms with Crippen LogP contribution in [0.15, 0.2) is 36.9 Å². The van der Waals surface area contributed by atoms with Gasteiger partial charge in [-0.25, -0.2) is 0 Å². The molecule has 108 valence electrons. The number of amides is 2. The minimum absolute atomic E-state index is 0.0724. The summed E-state index contributed by atoms with van der Waals surface area (Å²) in [4.78, 5) is 23.4. The zero-order valence-corrected chi connectivity index (χ0v) is 11.8. The molecule has 0 aliphatic rings. The van der Waals surface area contributed by atoms with Crippen molar-refractivity contribution in [2.75, 3.05) is 10.6 Å². The fraction of sp³-hybridized carbons (Fsp3) is 0.333. The van der Waals surface area contributed by atoms with Gasteiger partial charge in [0, 0.05) is 17.3 Å². The van der Waals surface area contributed by atoms with Gasteiger partial charge in [-0.1, -0.05) is 26.0 Å². The molecule has 0 aliphatic carbocycles. The van der Waals surface area contributed by atoms with Crippen LogP contribution >= 0.6 is 0 Å². The topological polar surface area (TPSA) is 84.2 Å². The van der Waals surface area contributed by atoms with Crippen LogP contribution in [0.3, 0.4) is 0 Å². The lowest BCUT2D eigenvalue weighted by molar-refractivity contribution is -0.119. The molecule has 0 spiro atoms. The van der Waals surface area contributed by atoms with Crippen LogP contribution in [0.5, 0.6) is 0 Å². The first-order valence-corrected chi connectivity index (χ1v) is 6.52. The molecular formula is C15H21N3O2. The summed E-state index contributed by atoms with van der Waals surface area (Å²) in [6, 6.07) is 6.33. The Morgan fingerprint density at radius 3 is 2.30 bits per heavy atom. The number of benzene rings is 1. The fourth-order valence-electron chi connectivity index (χ4n) is 1.48. The Morgan fingerprint density at radius 2 is 1.80 bits per heavy atom. The maximum Gasteiger partial charge on any atom is 0.241 e. The number of rotatable bonds is 6. The van der Waals surface area contributed by atoms with Gasteiger partial charge >= 0.3 is 0 Å². The van der Waals surface area contributed by atoms with E-state index in [1.807, 2.05) is 13.8 Å². The van der Waals surface area contributed by atoms with Gasteiger partial charge in [0.1, 0.15) is 0 Å². The second kappa shape index (κ2) is 7.45. The Hall–Kier alpha value is -2.14. The third-order valence-corrected chi connectivity index (χ3v) is 2.68. The third kappa shape index (κ3) is 4.85. The molecule has 0 aliphatic heterocycles. The molecule has 5 nitrogen and oxygen atoms in total. The van der Waals surface area contributed by atoms with E-state index in [4.69, 9.17) is 5.73 Å². The summed E-state index contributed by atoms with van der Waals surface area (Å²) in [7, 11) is 0. The first kappa shape index (κ1) is 15.9. The molecule has 0 bridgehead atoms. The summed E-state index contributed by atoms with van der Waals surface area (Å²) in [5.74, 6) is -0.455. The van der Waals surface area contributed by atoms with Crippen LogP contribution in [0, 0.1) is 5.92 Å². The predicted octanol–water partition coefficient (Wildman–Crippen LogP) is 2.12. The zero-order valence-electron chi connectivity index (χ0n) is 11.8. The maximum absolute atomic E-state index is 11.8. The van der Waals surface area contributed by atoms with E-state index in [-0.39, 0.29) is 17.7 Å². The van der Waals surface area contributed by atoms with E-state index < -0.39 is 6.04 Å². The van der Waals surface area contributed by atoms with Crippen LogP contribution in [-0.2, 0) is 9.59 Å². The van der Waals surface area contributed by atoms with E-state index in [0.29, 0.717) is 17.8 Å². The van der Waals surface area contributed by atoms with Gasteiger partial charge in [-0.15, -0.1) is 6.58 Å². The van der Waals surface area contributed by atoms with Gasteiger partial charge in [0.05, 0.1) is 6.04 Å². The Kier molecular flexibility index (Phi) is 5.93. The van der Waals surface area contributed by atoms with Crippen molar-refractivity contribution in [1.82, 2.24) is 0 Å². The monoisotopic (exact) mass is 275 g/mol. The van der Waals surface area contributed by atoms with Gasteiger partial charge in [0.15, 0.2) is 0 Å². The van der Waals surface area contributed by atoms with Crippen molar-refractivity contribution in [3.63, 3.8) is 0 Å². The quantitative estimate of drug-likeness (QED) is 0.695. The molecule has 5 heteroatoms. The Bertz CT molecular complexity index is 498. The van der Waals surface area contributed by atoms with E-state index >= 15 is 0 Å². The fourth-order valence-corrected chi connectivity index (χ4v) is 1.48. The Morgan fingerprint density at radius 1 is 1.25 bits per heavy atom. The standard InChI is InChI=1S/C15H21N3O2/c1-4-6-13(16)15(20)18-12-8-5-7-11(9-12)17-14(19)10(2)3/h4-5,7-10,13H,1,6,16H2,2-3H3,(H,17,19)(H,18,20). The Balaban J connectivity index is 2.71. The normalized spacial score (nSPS) is 11.8. The molecule has 1 aromatic carbocycles. The van der Waals surface area contributed by atoms with Crippen molar-refractivity contribution in [2.45, 2.75) is 26.3 Å². The molecule has 1 rings (SSSR count). The lowest BCUT2D eigenvalue weighted by atomic mass is 10.2. The average Bonchev–Trinajstić information content (AvgIpc) is 2.39. The van der Waals surface area contributed by atoms with Crippen molar-refractivity contribution in [1.29, 1.82) is 0 Å². The zero-order chi connectivity index (χ0) is 15.1. The van der Waals surface area contributed by atoms with Gasteiger partial charge in [-0.2, -0.15) is 0 Å². The van der Waals surface area contributed by atoms with Gasteiger partial charge in [0.25, 0.3) is 0 Å². The molecule has 1 aromatic rings. The van der Waals surface area contributed by atoms with Crippen molar-refractivity contribution in [2.24, 2.45) is 11.7 Å². The van der Waals surface area contributed by atoms with Gasteiger partial charge < -0.3 is 16.4 Å². The first-order chi connectivity index (χ1) is 9.43. The maximum atomic E-state index is 11.8. The van der Waals surface area contributed by atoms with Crippen LogP contribution in [0.1, 0.15) is 20.3 Å². The van der Waals surface area contributed by atoms with Crippen molar-refractivity contribution < 1.29 is 9.59 Å². The van der Waals surface area contributed by atoms with E-state index in [1.54, 1.807) is 30.3 Å². The molecule has 0 aromatic heterocycles. The molecule has 0 saturated heterocycles. The van der Waals surface area contributed by atoms with Crippen LogP contribution in [0.4, 0.5) is 11.4 Å². The number of nitrogens with two attached hydrogens (primary N) is 1. The van der Waals surface area contributed by atoms with E-state index in [9.17, 15) is 9.59 Å². The lowest BCUT2D eigenvalue weighted by Crippen LogP contribution is -2.35. The first-order valence-electron chi connectivity index (χ1n) is 6.52. The average molecular weight is 275 g/mol. The lowest BCUT2D eigenvalue weighted by Gasteiger charge is -2.12. The number of hydrogen-bond acceptors (Lipinski definition) is 3. The summed E-state index contributed by atoms with van der Waals surface area (Å²) >= 11 is 0. The van der Waals surface area contributed by atoms with Crippen molar-refractivity contribution in [3.8, 4) is 0 Å². The van der Waals surface area contributed by atoms with Gasteiger partial charge in [-0.05, 0) is 24.6 Å². The smallest absolute Gasteiger partial charge is 0.241 e. The second-order valence-electron chi connectivity index (χ2n) is 4.84. The van der Waals surface area contributed by atoms with Crippen molar-refractivity contribution >= 4 is 23.2 Å². The predicted molar refractivity (Wildman–Crippen MR) is 81.3 cm³/mol. The molecule has 4 N–H and O–H groups in total. The molecule has 0 radical (unpaired) electrons. The largest absolute Gasteiger partial charge is 0.326 e. The highest BCUT2D eigenvalue weighted by atomic mass is 16.2. The highest BCUT2D eigenvalue weighted by molar-refractivity contribution is 5.96. The molecule has 0 saturated carbocycles. The van der Waals surface area contributed by atoms with Crippen LogP contribution in [0.25, 0.3) is 0 Å². The number of anilines is 2. The van der Waals surface area contributed by atoms with Crippen molar-refractivity contribution in [3.05, 3.63) is 36.9 Å². The van der Waals surface area contributed by atoms with E-state index in [1.165, 1.54) is 0 Å². The van der Waals surface area contributed by atoms with Crippen LogP contribution in [0.2, 0.25) is 0 Å². The summed E-state index contributed by atoms with van der Waals surface area (Å²) < 4.78 is 0. The molecule has 2 amide bonds. The minimum atomic E-state index is -0.624. The van der Waals surface area contributed by atoms with E-state index in [0.717, 1.165) is 0 Å². The van der Waals surface area contributed by atoms with Gasteiger partial charge in [0.2, 0.25) is 11.8 Å². The molecule has 20 heavy (non-hydrogen) atoms. The van der Waals surface area contributed by atoms with Crippen LogP contribution < -0.4 is 16.4 Å². The Labute approximate surface area is 119 Å². The highest BCUT2D eigenvalue weighted by Crippen LogP contribution is 2.16. The summed E-state index contributed by atoms with van der Waals surface area (Å²) in [5, 5.41) is 5.48.